The van der Waals surface area contributed by atoms with E-state index in [0.29, 0.717) is 22.6 Å². The molecule has 0 atom stereocenters. The number of esters is 1. The molecule has 0 heterocycles. The van der Waals surface area contributed by atoms with Crippen molar-refractivity contribution < 1.29 is 28.5 Å². The average Bonchev–Trinajstić information content (AvgIpc) is 2.70. The van der Waals surface area contributed by atoms with E-state index < -0.39 is 5.97 Å². The van der Waals surface area contributed by atoms with Crippen molar-refractivity contribution in [3.63, 3.8) is 0 Å². The van der Waals surface area contributed by atoms with E-state index in [9.17, 15) is 9.70 Å². The monoisotopic (exact) mass is 389 g/mol. The largest absolute Gasteiger partial charge is 0.469 e. The summed E-state index contributed by atoms with van der Waals surface area (Å²) < 4.78 is 26.1. The van der Waals surface area contributed by atoms with Gasteiger partial charge in [-0.3, -0.25) is 4.79 Å². The van der Waals surface area contributed by atoms with Crippen LogP contribution in [-0.2, 0) is 32.0 Å². The number of methoxy groups -OCH3 is 3. The van der Waals surface area contributed by atoms with E-state index in [0.717, 1.165) is 11.1 Å². The molecule has 0 aliphatic carbocycles. The lowest BCUT2D eigenvalue weighted by Gasteiger charge is -2.18. The van der Waals surface area contributed by atoms with Gasteiger partial charge in [0.25, 0.3) is 0 Å². The predicted molar refractivity (Wildman–Crippen MR) is 102 cm³/mol. The maximum atomic E-state index is 12.0. The molecule has 0 fully saturated rings. The second kappa shape index (κ2) is 11.0. The summed E-state index contributed by atoms with van der Waals surface area (Å²) in [6.45, 7) is 0.0959. The zero-order valence-electron chi connectivity index (χ0n) is 16.1. The summed E-state index contributed by atoms with van der Waals surface area (Å²) in [5.74, 6) is 0.528. The molecule has 0 N–H and O–H groups in total. The number of carbonyl (C=O) groups excluding carboxylic acids is 1. The number of nitrogens with zero attached hydrogens (tertiary/aromatic N) is 1. The second-order valence-electron chi connectivity index (χ2n) is 5.80. The van der Waals surface area contributed by atoms with Gasteiger partial charge in [-0.05, 0) is 28.8 Å². The van der Waals surface area contributed by atoms with Crippen LogP contribution in [0.1, 0.15) is 11.1 Å². The number of nitroso groups, excluding NO2 is 1. The molecule has 0 radical (unpaired) electrons. The fourth-order valence-corrected chi connectivity index (χ4v) is 2.69. The fraction of sp³-hybridized carbons (Fsp3) is 0.350. The Morgan fingerprint density at radius 1 is 1.00 bits per heavy atom. The highest BCUT2D eigenvalue weighted by Crippen LogP contribution is 2.38. The van der Waals surface area contributed by atoms with Crippen LogP contribution in [0.2, 0.25) is 0 Å². The molecule has 0 amide bonds. The van der Waals surface area contributed by atoms with E-state index in [1.165, 1.54) is 21.3 Å². The van der Waals surface area contributed by atoms with Gasteiger partial charge in [-0.1, -0.05) is 23.4 Å². The minimum absolute atomic E-state index is 0.00792. The molecule has 0 saturated heterocycles. The SMILES string of the molecule is COCOc1cc(CC(=O)OC)c(-c2cccc(CN=O)c2)c(OCOC)c1. The maximum absolute atomic E-state index is 12.0. The molecule has 8 nitrogen and oxygen atoms in total. The van der Waals surface area contributed by atoms with Gasteiger partial charge in [0.2, 0.25) is 0 Å². The van der Waals surface area contributed by atoms with Crippen molar-refractivity contribution in [1.29, 1.82) is 0 Å². The highest BCUT2D eigenvalue weighted by molar-refractivity contribution is 5.82. The van der Waals surface area contributed by atoms with Gasteiger partial charge in [-0.15, -0.1) is 0 Å². The van der Waals surface area contributed by atoms with Crippen molar-refractivity contribution in [2.24, 2.45) is 5.18 Å². The van der Waals surface area contributed by atoms with Gasteiger partial charge in [0.1, 0.15) is 18.0 Å². The van der Waals surface area contributed by atoms with Crippen LogP contribution < -0.4 is 9.47 Å². The predicted octanol–water partition coefficient (Wildman–Crippen LogP) is 3.30. The molecule has 8 heteroatoms. The number of hydrogen-bond acceptors (Lipinski definition) is 8. The Bertz CT molecular complexity index is 807. The third kappa shape index (κ3) is 5.77. The molecule has 0 aliphatic heterocycles. The summed E-state index contributed by atoms with van der Waals surface area (Å²) in [6.07, 6.45) is 0.00944. The Morgan fingerprint density at radius 3 is 2.43 bits per heavy atom. The summed E-state index contributed by atoms with van der Waals surface area (Å²) in [5, 5.41) is 2.94. The van der Waals surface area contributed by atoms with Gasteiger partial charge >= 0.3 is 5.97 Å². The lowest BCUT2D eigenvalue weighted by atomic mass is 9.95. The first-order valence-corrected chi connectivity index (χ1v) is 8.48. The fourth-order valence-electron chi connectivity index (χ4n) is 2.69. The number of hydrogen-bond donors (Lipinski definition) is 0. The van der Waals surface area contributed by atoms with E-state index in [2.05, 4.69) is 5.18 Å². The first-order valence-electron chi connectivity index (χ1n) is 8.48. The molecule has 150 valence electrons. The quantitative estimate of drug-likeness (QED) is 0.331. The van der Waals surface area contributed by atoms with Gasteiger partial charge in [-0.2, -0.15) is 4.91 Å². The van der Waals surface area contributed by atoms with Crippen LogP contribution >= 0.6 is 0 Å². The lowest BCUT2D eigenvalue weighted by molar-refractivity contribution is -0.139. The first-order chi connectivity index (χ1) is 13.6. The Hall–Kier alpha value is -2.97. The van der Waals surface area contributed by atoms with Crippen molar-refractivity contribution in [2.75, 3.05) is 34.9 Å². The summed E-state index contributed by atoms with van der Waals surface area (Å²) in [6, 6.07) is 10.7. The standard InChI is InChI=1S/C20H23NO7/c1-24-12-27-17-8-16(9-19(22)26-3)20(18(10-17)28-13-25-2)15-6-4-5-14(7-15)11-21-23/h4-8,10H,9,11-13H2,1-3H3. The lowest BCUT2D eigenvalue weighted by Crippen LogP contribution is -2.09. The van der Waals surface area contributed by atoms with Gasteiger partial charge < -0.3 is 23.7 Å². The minimum atomic E-state index is -0.409. The van der Waals surface area contributed by atoms with Crippen molar-refractivity contribution in [3.05, 3.63) is 52.4 Å². The number of ether oxygens (including phenoxy) is 5. The van der Waals surface area contributed by atoms with E-state index >= 15 is 0 Å². The molecular formula is C20H23NO7. The maximum Gasteiger partial charge on any atom is 0.310 e. The third-order valence-corrected chi connectivity index (χ3v) is 3.86. The highest BCUT2D eigenvalue weighted by atomic mass is 16.7. The van der Waals surface area contributed by atoms with Gasteiger partial charge in [0, 0.05) is 25.8 Å². The smallest absolute Gasteiger partial charge is 0.310 e. The molecule has 0 aliphatic rings. The van der Waals surface area contributed by atoms with E-state index in [1.807, 2.05) is 18.2 Å². The zero-order chi connectivity index (χ0) is 20.4. The van der Waals surface area contributed by atoms with Crippen LogP contribution in [0.15, 0.2) is 41.6 Å². The summed E-state index contributed by atoms with van der Waals surface area (Å²) in [4.78, 5) is 22.6. The first kappa shape index (κ1) is 21.3. The Balaban J connectivity index is 2.61. The van der Waals surface area contributed by atoms with Crippen LogP contribution in [0.25, 0.3) is 11.1 Å². The molecule has 28 heavy (non-hydrogen) atoms. The third-order valence-electron chi connectivity index (χ3n) is 3.86. The molecule has 2 aromatic carbocycles. The molecule has 0 unspecified atom stereocenters. The van der Waals surface area contributed by atoms with Crippen LogP contribution in [-0.4, -0.2) is 40.9 Å². The van der Waals surface area contributed by atoms with Crippen LogP contribution in [0.4, 0.5) is 0 Å². The van der Waals surface area contributed by atoms with E-state index in [-0.39, 0.29) is 26.6 Å². The normalized spacial score (nSPS) is 10.4. The van der Waals surface area contributed by atoms with Crippen molar-refractivity contribution in [1.82, 2.24) is 0 Å². The van der Waals surface area contributed by atoms with Gasteiger partial charge in [0.15, 0.2) is 13.6 Å². The van der Waals surface area contributed by atoms with Gasteiger partial charge in [0.05, 0.1) is 13.5 Å². The summed E-state index contributed by atoms with van der Waals surface area (Å²) in [5.41, 5.74) is 2.83. The van der Waals surface area contributed by atoms with Crippen LogP contribution in [0.5, 0.6) is 11.5 Å². The Morgan fingerprint density at radius 2 is 1.75 bits per heavy atom. The topological polar surface area (TPSA) is 92.7 Å². The Kier molecular flexibility index (Phi) is 8.38. The molecule has 0 bridgehead atoms. The van der Waals surface area contributed by atoms with Crippen molar-refractivity contribution in [2.45, 2.75) is 13.0 Å². The highest BCUT2D eigenvalue weighted by Gasteiger charge is 2.18. The molecule has 0 aromatic heterocycles. The molecule has 0 spiro atoms. The molecule has 2 aromatic rings. The second-order valence-corrected chi connectivity index (χ2v) is 5.80. The van der Waals surface area contributed by atoms with E-state index in [1.54, 1.807) is 18.2 Å². The molecule has 0 saturated carbocycles. The molecular weight excluding hydrogens is 366 g/mol. The summed E-state index contributed by atoms with van der Waals surface area (Å²) in [7, 11) is 4.35. The minimum Gasteiger partial charge on any atom is -0.469 e. The van der Waals surface area contributed by atoms with Crippen LogP contribution in [0, 0.1) is 4.91 Å². The Labute approximate surface area is 163 Å². The van der Waals surface area contributed by atoms with E-state index in [4.69, 9.17) is 23.7 Å². The van der Waals surface area contributed by atoms with Gasteiger partial charge in [-0.25, -0.2) is 0 Å². The summed E-state index contributed by atoms with van der Waals surface area (Å²) >= 11 is 0. The number of rotatable bonds is 11. The number of carbonyl (C=O) groups is 1. The average molecular weight is 389 g/mol. The zero-order valence-corrected chi connectivity index (χ0v) is 16.1. The van der Waals surface area contributed by atoms with Crippen molar-refractivity contribution >= 4 is 5.97 Å². The number of benzene rings is 2. The molecule has 2 rings (SSSR count). The van der Waals surface area contributed by atoms with Crippen LogP contribution in [0.3, 0.4) is 0 Å². The van der Waals surface area contributed by atoms with Crippen molar-refractivity contribution in [3.8, 4) is 22.6 Å².